The van der Waals surface area contributed by atoms with E-state index >= 15 is 0 Å². The lowest BCUT2D eigenvalue weighted by Gasteiger charge is -2.22. The van der Waals surface area contributed by atoms with Gasteiger partial charge in [-0.15, -0.1) is 0 Å². The van der Waals surface area contributed by atoms with Crippen LogP contribution in [-0.2, 0) is 10.2 Å². The third-order valence-electron chi connectivity index (χ3n) is 6.07. The molecule has 37 heavy (non-hydrogen) atoms. The largest absolute Gasteiger partial charge is 0.497 e. The number of benzene rings is 2. The van der Waals surface area contributed by atoms with E-state index in [1.807, 2.05) is 32.0 Å². The predicted octanol–water partition coefficient (Wildman–Crippen LogP) is 6.07. The molecule has 198 valence electrons. The van der Waals surface area contributed by atoms with Crippen molar-refractivity contribution in [3.8, 4) is 11.4 Å². The first-order valence-corrected chi connectivity index (χ1v) is 12.7. The van der Waals surface area contributed by atoms with E-state index in [1.165, 1.54) is 4.90 Å². The third kappa shape index (κ3) is 7.35. The maximum Gasteiger partial charge on any atom is 0.322 e. The van der Waals surface area contributed by atoms with E-state index in [2.05, 4.69) is 44.4 Å². The summed E-state index contributed by atoms with van der Waals surface area (Å²) in [6, 6.07) is 14.8. The van der Waals surface area contributed by atoms with Crippen molar-refractivity contribution in [1.82, 2.24) is 14.7 Å². The van der Waals surface area contributed by atoms with Crippen LogP contribution in [0.4, 0.5) is 16.3 Å². The summed E-state index contributed by atoms with van der Waals surface area (Å²) in [5.74, 6) is 0.996. The molecule has 0 aliphatic rings. The average Bonchev–Trinajstić information content (AvgIpc) is 3.26. The van der Waals surface area contributed by atoms with Gasteiger partial charge in [0.2, 0.25) is 5.91 Å². The molecule has 0 spiro atoms. The van der Waals surface area contributed by atoms with Gasteiger partial charge >= 0.3 is 6.03 Å². The summed E-state index contributed by atoms with van der Waals surface area (Å²) in [6.07, 6.45) is 1.69. The zero-order valence-corrected chi connectivity index (χ0v) is 23.0. The van der Waals surface area contributed by atoms with Gasteiger partial charge in [-0.1, -0.05) is 51.8 Å². The molecule has 1 heterocycles. The smallest absolute Gasteiger partial charge is 0.322 e. The molecule has 2 N–H and O–H groups in total. The molecule has 0 fully saturated rings. The summed E-state index contributed by atoms with van der Waals surface area (Å²) in [7, 11) is 1.59. The zero-order chi connectivity index (χ0) is 27.2. The summed E-state index contributed by atoms with van der Waals surface area (Å²) in [6.45, 7) is 12.8. The van der Waals surface area contributed by atoms with Crippen molar-refractivity contribution < 1.29 is 14.3 Å². The monoisotopic (exact) mass is 505 g/mol. The summed E-state index contributed by atoms with van der Waals surface area (Å²) in [5, 5.41) is 10.7. The number of unbranched alkanes of at least 4 members (excludes halogenated alkanes) is 1. The van der Waals surface area contributed by atoms with Gasteiger partial charge in [-0.2, -0.15) is 5.10 Å². The van der Waals surface area contributed by atoms with Crippen molar-refractivity contribution in [2.24, 2.45) is 0 Å². The summed E-state index contributed by atoms with van der Waals surface area (Å²) >= 11 is 0. The van der Waals surface area contributed by atoms with Crippen LogP contribution < -0.4 is 15.4 Å². The third-order valence-corrected chi connectivity index (χ3v) is 6.07. The van der Waals surface area contributed by atoms with Gasteiger partial charge in [0.1, 0.15) is 18.1 Å². The van der Waals surface area contributed by atoms with Crippen LogP contribution >= 0.6 is 0 Å². The number of nitrogens with one attached hydrogen (secondary N) is 2. The minimum atomic E-state index is -0.327. The molecule has 3 rings (SSSR count). The van der Waals surface area contributed by atoms with E-state index in [4.69, 9.17) is 9.84 Å². The number of methoxy groups -OCH3 is 1. The highest BCUT2D eigenvalue weighted by atomic mass is 16.5. The fourth-order valence-corrected chi connectivity index (χ4v) is 3.90. The number of ether oxygens (including phenoxy) is 1. The molecule has 8 heteroatoms. The van der Waals surface area contributed by atoms with Crippen LogP contribution in [0.15, 0.2) is 48.5 Å². The molecular formula is C29H39N5O3. The fourth-order valence-electron chi connectivity index (χ4n) is 3.90. The molecule has 0 radical (unpaired) electrons. The normalized spacial score (nSPS) is 11.2. The van der Waals surface area contributed by atoms with Gasteiger partial charge in [0, 0.05) is 23.7 Å². The highest BCUT2D eigenvalue weighted by Crippen LogP contribution is 2.28. The first kappa shape index (κ1) is 27.8. The first-order valence-electron chi connectivity index (χ1n) is 12.7. The summed E-state index contributed by atoms with van der Waals surface area (Å²) in [5.41, 5.74) is 4.41. The van der Waals surface area contributed by atoms with Crippen LogP contribution in [-0.4, -0.2) is 46.8 Å². The Kier molecular flexibility index (Phi) is 8.97. The van der Waals surface area contributed by atoms with E-state index in [-0.39, 0.29) is 23.9 Å². The van der Waals surface area contributed by atoms with Crippen LogP contribution in [0.25, 0.3) is 5.69 Å². The molecule has 0 aliphatic carbocycles. The first-order chi connectivity index (χ1) is 17.5. The second kappa shape index (κ2) is 12.0. The van der Waals surface area contributed by atoms with Crippen LogP contribution in [0.3, 0.4) is 0 Å². The number of hydrogen-bond donors (Lipinski definition) is 2. The van der Waals surface area contributed by atoms with Crippen LogP contribution in [0.1, 0.15) is 57.4 Å². The quantitative estimate of drug-likeness (QED) is 0.370. The van der Waals surface area contributed by atoms with E-state index in [9.17, 15) is 9.59 Å². The number of hydrogen-bond acceptors (Lipinski definition) is 4. The van der Waals surface area contributed by atoms with Crippen LogP contribution in [0.5, 0.6) is 5.75 Å². The van der Waals surface area contributed by atoms with E-state index in [1.54, 1.807) is 36.1 Å². The molecular weight excluding hydrogens is 466 g/mol. The second-order valence-corrected chi connectivity index (χ2v) is 10.3. The zero-order valence-electron chi connectivity index (χ0n) is 23.0. The van der Waals surface area contributed by atoms with Crippen molar-refractivity contribution in [2.45, 2.75) is 59.8 Å². The number of urea groups is 1. The van der Waals surface area contributed by atoms with Gasteiger partial charge in [0.05, 0.1) is 18.5 Å². The van der Waals surface area contributed by atoms with Crippen molar-refractivity contribution in [3.63, 3.8) is 0 Å². The van der Waals surface area contributed by atoms with Crippen molar-refractivity contribution >= 4 is 23.4 Å². The minimum Gasteiger partial charge on any atom is -0.497 e. The number of anilines is 2. The van der Waals surface area contributed by atoms with Gasteiger partial charge < -0.3 is 20.3 Å². The van der Waals surface area contributed by atoms with Crippen molar-refractivity contribution in [3.05, 3.63) is 65.4 Å². The van der Waals surface area contributed by atoms with Crippen molar-refractivity contribution in [2.75, 3.05) is 30.8 Å². The number of aromatic nitrogens is 2. The molecule has 0 atom stereocenters. The number of nitrogens with zero attached hydrogens (tertiary/aromatic N) is 3. The second-order valence-electron chi connectivity index (χ2n) is 10.3. The maximum absolute atomic E-state index is 13.2. The van der Waals surface area contributed by atoms with Gasteiger partial charge in [0.25, 0.3) is 0 Å². The van der Waals surface area contributed by atoms with Gasteiger partial charge in [0.15, 0.2) is 0 Å². The SMILES string of the molecule is CCCCN(CC(=O)Nc1cc(C(C)(C)C)nn1-c1ccc(C)cc1C)C(=O)Nc1ccc(OC)cc1. The number of rotatable bonds is 9. The van der Waals surface area contributed by atoms with Gasteiger partial charge in [-0.25, -0.2) is 9.48 Å². The average molecular weight is 506 g/mol. The highest BCUT2D eigenvalue weighted by Gasteiger charge is 2.23. The number of carbonyl (C=O) groups is 2. The summed E-state index contributed by atoms with van der Waals surface area (Å²) in [4.78, 5) is 27.8. The molecule has 2 aromatic carbocycles. The number of aryl methyl sites for hydroxylation is 2. The highest BCUT2D eigenvalue weighted by molar-refractivity contribution is 5.96. The lowest BCUT2D eigenvalue weighted by Crippen LogP contribution is -2.41. The molecule has 0 aliphatic heterocycles. The Morgan fingerprint density at radius 1 is 1.03 bits per heavy atom. The Morgan fingerprint density at radius 2 is 1.73 bits per heavy atom. The lowest BCUT2D eigenvalue weighted by molar-refractivity contribution is -0.116. The molecule has 0 unspecified atom stereocenters. The van der Waals surface area contributed by atoms with Crippen LogP contribution in [0, 0.1) is 13.8 Å². The molecule has 3 aromatic rings. The van der Waals surface area contributed by atoms with Gasteiger partial charge in [-0.3, -0.25) is 4.79 Å². The standard InChI is InChI=1S/C29H39N5O3/c1-8-9-16-33(28(36)30-22-11-13-23(37-7)14-12-22)19-27(35)31-26-18-25(29(4,5)6)32-34(26)24-15-10-20(2)17-21(24)3/h10-15,17-18H,8-9,16,19H2,1-7H3,(H,30,36)(H,31,35). The number of amides is 3. The molecule has 8 nitrogen and oxygen atoms in total. The minimum absolute atomic E-state index is 0.0785. The Morgan fingerprint density at radius 3 is 2.32 bits per heavy atom. The molecule has 0 saturated heterocycles. The number of carbonyl (C=O) groups excluding carboxylic acids is 2. The van der Waals surface area contributed by atoms with E-state index < -0.39 is 0 Å². The molecule has 3 amide bonds. The predicted molar refractivity (Wildman–Crippen MR) is 149 cm³/mol. The molecule has 1 aromatic heterocycles. The Hall–Kier alpha value is -3.81. The Balaban J connectivity index is 1.81. The molecule has 0 saturated carbocycles. The van der Waals surface area contributed by atoms with Crippen molar-refractivity contribution in [1.29, 1.82) is 0 Å². The Labute approximate surface area is 220 Å². The van der Waals surface area contributed by atoms with E-state index in [0.29, 0.717) is 23.8 Å². The van der Waals surface area contributed by atoms with Crippen LogP contribution in [0.2, 0.25) is 0 Å². The maximum atomic E-state index is 13.2. The molecule has 0 bridgehead atoms. The topological polar surface area (TPSA) is 88.5 Å². The summed E-state index contributed by atoms with van der Waals surface area (Å²) < 4.78 is 6.96. The lowest BCUT2D eigenvalue weighted by atomic mass is 9.92. The van der Waals surface area contributed by atoms with E-state index in [0.717, 1.165) is 35.3 Å². The Bertz CT molecular complexity index is 1230. The van der Waals surface area contributed by atoms with Gasteiger partial charge in [-0.05, 0) is 56.2 Å². The fraction of sp³-hybridized carbons (Fsp3) is 0.414.